The lowest BCUT2D eigenvalue weighted by molar-refractivity contribution is 0.213. The van der Waals surface area contributed by atoms with E-state index >= 15 is 0 Å². The molecule has 0 bridgehead atoms. The number of aryl methyl sites for hydroxylation is 2. The zero-order chi connectivity index (χ0) is 17.8. The molecule has 25 heavy (non-hydrogen) atoms. The van der Waals surface area contributed by atoms with Crippen molar-refractivity contribution in [3.8, 4) is 11.4 Å². The molecule has 0 atom stereocenters. The number of hydrogen-bond acceptors (Lipinski definition) is 4. The van der Waals surface area contributed by atoms with Gasteiger partial charge in [0.2, 0.25) is 11.7 Å². The molecule has 0 spiro atoms. The van der Waals surface area contributed by atoms with Crippen molar-refractivity contribution in [2.24, 2.45) is 0 Å². The number of carbonyl (C=O) groups is 1. The molecule has 1 N–H and O–H groups in total. The normalized spacial score (nSPS) is 10.5. The van der Waals surface area contributed by atoms with Crippen molar-refractivity contribution in [1.82, 2.24) is 15.0 Å². The van der Waals surface area contributed by atoms with E-state index in [4.69, 9.17) is 4.52 Å². The fourth-order valence-electron chi connectivity index (χ4n) is 2.34. The Kier molecular flexibility index (Phi) is 4.79. The molecule has 0 saturated heterocycles. The van der Waals surface area contributed by atoms with Gasteiger partial charge >= 0.3 is 6.03 Å². The number of carbonyl (C=O) groups excluding carboxylic acids is 1. The van der Waals surface area contributed by atoms with Crippen LogP contribution in [0.15, 0.2) is 53.1 Å². The fourth-order valence-corrected chi connectivity index (χ4v) is 2.34. The minimum Gasteiger partial charge on any atom is -0.337 e. The SMILES string of the molecule is Cc1ccc(-c2noc(CN(C)C(=O)Nc3ccccc3C)n2)cc1. The zero-order valence-electron chi connectivity index (χ0n) is 14.5. The molecule has 128 valence electrons. The third-order valence-electron chi connectivity index (χ3n) is 3.88. The summed E-state index contributed by atoms with van der Waals surface area (Å²) < 4.78 is 5.26. The van der Waals surface area contributed by atoms with Crippen molar-refractivity contribution >= 4 is 11.7 Å². The Morgan fingerprint density at radius 3 is 2.56 bits per heavy atom. The Balaban J connectivity index is 1.65. The van der Waals surface area contributed by atoms with Crippen molar-refractivity contribution in [1.29, 1.82) is 0 Å². The van der Waals surface area contributed by atoms with Crippen molar-refractivity contribution in [3.05, 3.63) is 65.5 Å². The van der Waals surface area contributed by atoms with E-state index in [1.807, 2.05) is 62.4 Å². The number of rotatable bonds is 4. The summed E-state index contributed by atoms with van der Waals surface area (Å²) in [5, 5.41) is 6.85. The number of urea groups is 1. The molecule has 6 nitrogen and oxygen atoms in total. The number of para-hydroxylation sites is 1. The van der Waals surface area contributed by atoms with Crippen LogP contribution in [-0.4, -0.2) is 28.1 Å². The minimum absolute atomic E-state index is 0.232. The van der Waals surface area contributed by atoms with Crippen LogP contribution in [0.1, 0.15) is 17.0 Å². The van der Waals surface area contributed by atoms with E-state index in [1.54, 1.807) is 7.05 Å². The van der Waals surface area contributed by atoms with Crippen LogP contribution in [0, 0.1) is 13.8 Å². The largest absolute Gasteiger partial charge is 0.337 e. The van der Waals surface area contributed by atoms with E-state index in [9.17, 15) is 4.79 Å². The summed E-state index contributed by atoms with van der Waals surface area (Å²) in [6.07, 6.45) is 0. The molecule has 3 aromatic rings. The van der Waals surface area contributed by atoms with E-state index in [-0.39, 0.29) is 12.6 Å². The van der Waals surface area contributed by atoms with Gasteiger partial charge in [0.1, 0.15) is 6.54 Å². The van der Waals surface area contributed by atoms with Gasteiger partial charge in [-0.3, -0.25) is 0 Å². The third kappa shape index (κ3) is 4.03. The molecule has 1 heterocycles. The van der Waals surface area contributed by atoms with Gasteiger partial charge in [0.25, 0.3) is 0 Å². The summed E-state index contributed by atoms with van der Waals surface area (Å²) in [6, 6.07) is 15.3. The number of nitrogens with one attached hydrogen (secondary N) is 1. The van der Waals surface area contributed by atoms with Gasteiger partial charge in [0.05, 0.1) is 0 Å². The monoisotopic (exact) mass is 336 g/mol. The molecule has 6 heteroatoms. The van der Waals surface area contributed by atoms with E-state index in [0.29, 0.717) is 11.7 Å². The van der Waals surface area contributed by atoms with Crippen LogP contribution >= 0.6 is 0 Å². The van der Waals surface area contributed by atoms with Gasteiger partial charge < -0.3 is 14.7 Å². The molecule has 2 amide bonds. The standard InChI is InChI=1S/C19H20N4O2/c1-13-8-10-15(11-9-13)18-21-17(25-22-18)12-23(3)19(24)20-16-7-5-4-6-14(16)2/h4-11H,12H2,1-3H3,(H,20,24). The van der Waals surface area contributed by atoms with Gasteiger partial charge in [0.15, 0.2) is 0 Å². The van der Waals surface area contributed by atoms with E-state index < -0.39 is 0 Å². The second kappa shape index (κ2) is 7.17. The average molecular weight is 336 g/mol. The van der Waals surface area contributed by atoms with Gasteiger partial charge in [-0.2, -0.15) is 4.98 Å². The second-order valence-corrected chi connectivity index (χ2v) is 5.98. The number of hydrogen-bond donors (Lipinski definition) is 1. The Hall–Kier alpha value is -3.15. The summed E-state index contributed by atoms with van der Waals surface area (Å²) in [7, 11) is 1.68. The summed E-state index contributed by atoms with van der Waals surface area (Å²) >= 11 is 0. The van der Waals surface area contributed by atoms with Gasteiger partial charge in [0, 0.05) is 18.3 Å². The molecule has 0 radical (unpaired) electrons. The van der Waals surface area contributed by atoms with Crippen LogP contribution in [0.3, 0.4) is 0 Å². The molecule has 0 fully saturated rings. The number of amides is 2. The predicted octanol–water partition coefficient (Wildman–Crippen LogP) is 4.02. The van der Waals surface area contributed by atoms with Crippen molar-refractivity contribution in [2.75, 3.05) is 12.4 Å². The highest BCUT2D eigenvalue weighted by atomic mass is 16.5. The highest BCUT2D eigenvalue weighted by Gasteiger charge is 2.15. The average Bonchev–Trinajstić information content (AvgIpc) is 3.06. The molecular formula is C19H20N4O2. The Morgan fingerprint density at radius 1 is 1.12 bits per heavy atom. The van der Waals surface area contributed by atoms with Gasteiger partial charge in [-0.25, -0.2) is 4.79 Å². The maximum atomic E-state index is 12.3. The van der Waals surface area contributed by atoms with E-state index in [2.05, 4.69) is 15.5 Å². The molecule has 2 aromatic carbocycles. The minimum atomic E-state index is -0.232. The highest BCUT2D eigenvalue weighted by Crippen LogP contribution is 2.17. The third-order valence-corrected chi connectivity index (χ3v) is 3.88. The van der Waals surface area contributed by atoms with Crippen LogP contribution in [0.4, 0.5) is 10.5 Å². The van der Waals surface area contributed by atoms with Crippen LogP contribution in [-0.2, 0) is 6.54 Å². The quantitative estimate of drug-likeness (QED) is 0.781. The molecule has 0 aliphatic carbocycles. The molecule has 0 aliphatic rings. The van der Waals surface area contributed by atoms with Crippen molar-refractivity contribution in [2.45, 2.75) is 20.4 Å². The molecule has 0 unspecified atom stereocenters. The first-order chi connectivity index (χ1) is 12.0. The van der Waals surface area contributed by atoms with Crippen LogP contribution in [0.5, 0.6) is 0 Å². The van der Waals surface area contributed by atoms with E-state index in [1.165, 1.54) is 10.5 Å². The van der Waals surface area contributed by atoms with Crippen LogP contribution in [0.2, 0.25) is 0 Å². The first kappa shape index (κ1) is 16.7. The zero-order valence-corrected chi connectivity index (χ0v) is 14.5. The Labute approximate surface area is 146 Å². The smallest absolute Gasteiger partial charge is 0.322 e. The molecule has 3 rings (SSSR count). The Bertz CT molecular complexity index is 871. The number of anilines is 1. The first-order valence-electron chi connectivity index (χ1n) is 8.00. The number of benzene rings is 2. The van der Waals surface area contributed by atoms with E-state index in [0.717, 1.165) is 16.8 Å². The Morgan fingerprint density at radius 2 is 1.84 bits per heavy atom. The molecular weight excluding hydrogens is 316 g/mol. The molecule has 0 saturated carbocycles. The van der Waals surface area contributed by atoms with Gasteiger partial charge in [-0.1, -0.05) is 53.2 Å². The maximum Gasteiger partial charge on any atom is 0.322 e. The van der Waals surface area contributed by atoms with Gasteiger partial charge in [-0.15, -0.1) is 0 Å². The second-order valence-electron chi connectivity index (χ2n) is 5.98. The van der Waals surface area contributed by atoms with Crippen LogP contribution in [0.25, 0.3) is 11.4 Å². The van der Waals surface area contributed by atoms with Crippen molar-refractivity contribution < 1.29 is 9.32 Å². The summed E-state index contributed by atoms with van der Waals surface area (Å²) in [5.74, 6) is 0.903. The van der Waals surface area contributed by atoms with Crippen molar-refractivity contribution in [3.63, 3.8) is 0 Å². The maximum absolute atomic E-state index is 12.3. The number of aromatic nitrogens is 2. The molecule has 1 aromatic heterocycles. The number of nitrogens with zero attached hydrogens (tertiary/aromatic N) is 3. The lowest BCUT2D eigenvalue weighted by Gasteiger charge is -2.16. The summed E-state index contributed by atoms with van der Waals surface area (Å²) in [4.78, 5) is 18.2. The summed E-state index contributed by atoms with van der Waals surface area (Å²) in [6.45, 7) is 4.20. The fraction of sp³-hybridized carbons (Fsp3) is 0.211. The topological polar surface area (TPSA) is 71.3 Å². The predicted molar refractivity (Wildman–Crippen MR) is 96.1 cm³/mol. The van der Waals surface area contributed by atoms with Crippen LogP contribution < -0.4 is 5.32 Å². The first-order valence-corrected chi connectivity index (χ1v) is 8.00. The highest BCUT2D eigenvalue weighted by molar-refractivity contribution is 5.89. The lowest BCUT2D eigenvalue weighted by Crippen LogP contribution is -2.31. The van der Waals surface area contributed by atoms with Gasteiger partial charge in [-0.05, 0) is 25.5 Å². The molecule has 0 aliphatic heterocycles. The lowest BCUT2D eigenvalue weighted by atomic mass is 10.1. The summed E-state index contributed by atoms with van der Waals surface area (Å²) in [5.41, 5.74) is 3.83.